The minimum Gasteiger partial charge on any atom is -0.322 e. The summed E-state index contributed by atoms with van der Waals surface area (Å²) in [5.74, 6) is -0.619. The van der Waals surface area contributed by atoms with E-state index in [4.69, 9.17) is 0 Å². The largest absolute Gasteiger partial charge is 0.322 e. The molecule has 0 saturated heterocycles. The maximum absolute atomic E-state index is 13.0. The molecule has 2 N–H and O–H groups in total. The fourth-order valence-corrected chi connectivity index (χ4v) is 2.73. The van der Waals surface area contributed by atoms with E-state index in [2.05, 4.69) is 48.7 Å². The minimum atomic E-state index is -0.360. The number of hydrogen-bond acceptors (Lipinski definition) is 2. The first kappa shape index (κ1) is 18.8. The summed E-state index contributed by atoms with van der Waals surface area (Å²) in [4.78, 5) is 12.2. The summed E-state index contributed by atoms with van der Waals surface area (Å²) in [6.07, 6.45) is 0. The second kappa shape index (κ2) is 8.60. The molecule has 0 unspecified atom stereocenters. The van der Waals surface area contributed by atoms with Gasteiger partial charge in [-0.05, 0) is 59.2 Å². The molecule has 0 fully saturated rings. The van der Waals surface area contributed by atoms with E-state index < -0.39 is 0 Å². The third-order valence-corrected chi connectivity index (χ3v) is 4.22. The molecule has 1 amide bonds. The molecule has 0 aliphatic carbocycles. The Labute approximate surface area is 159 Å². The molecule has 0 atom stereocenters. The van der Waals surface area contributed by atoms with Crippen molar-refractivity contribution in [3.8, 4) is 11.1 Å². The average molecular weight is 362 g/mol. The van der Waals surface area contributed by atoms with Gasteiger partial charge in [0.1, 0.15) is 5.82 Å². The first-order valence-corrected chi connectivity index (χ1v) is 9.01. The summed E-state index contributed by atoms with van der Waals surface area (Å²) < 4.78 is 13.0. The Hall–Kier alpha value is -2.98. The highest BCUT2D eigenvalue weighted by atomic mass is 19.1. The summed E-state index contributed by atoms with van der Waals surface area (Å²) in [7, 11) is 0. The van der Waals surface area contributed by atoms with Crippen LogP contribution in [0.25, 0.3) is 11.1 Å². The molecular formula is C23H23FN2O. The molecule has 3 aromatic rings. The average Bonchev–Trinajstić information content (AvgIpc) is 2.67. The predicted molar refractivity (Wildman–Crippen MR) is 108 cm³/mol. The van der Waals surface area contributed by atoms with Crippen LogP contribution < -0.4 is 10.6 Å². The van der Waals surface area contributed by atoms with Crippen LogP contribution in [0.15, 0.2) is 72.8 Å². The zero-order chi connectivity index (χ0) is 19.2. The van der Waals surface area contributed by atoms with Crippen molar-refractivity contribution in [2.75, 3.05) is 5.32 Å². The van der Waals surface area contributed by atoms with E-state index in [-0.39, 0.29) is 11.7 Å². The van der Waals surface area contributed by atoms with Gasteiger partial charge >= 0.3 is 0 Å². The smallest absolute Gasteiger partial charge is 0.255 e. The van der Waals surface area contributed by atoms with Crippen molar-refractivity contribution in [1.29, 1.82) is 0 Å². The highest BCUT2D eigenvalue weighted by Crippen LogP contribution is 2.23. The van der Waals surface area contributed by atoms with Gasteiger partial charge in [-0.1, -0.05) is 44.2 Å². The monoisotopic (exact) mass is 362 g/mol. The van der Waals surface area contributed by atoms with Gasteiger partial charge in [0.25, 0.3) is 5.91 Å². The van der Waals surface area contributed by atoms with Crippen molar-refractivity contribution < 1.29 is 9.18 Å². The molecule has 27 heavy (non-hydrogen) atoms. The van der Waals surface area contributed by atoms with Gasteiger partial charge in [-0.3, -0.25) is 4.79 Å². The summed E-state index contributed by atoms with van der Waals surface area (Å²) in [6, 6.07) is 22.0. The van der Waals surface area contributed by atoms with E-state index in [1.807, 2.05) is 24.3 Å². The van der Waals surface area contributed by atoms with Gasteiger partial charge in [0.15, 0.2) is 0 Å². The number of hydrogen-bond donors (Lipinski definition) is 2. The number of halogens is 1. The van der Waals surface area contributed by atoms with E-state index in [1.54, 1.807) is 0 Å². The van der Waals surface area contributed by atoms with Gasteiger partial charge in [-0.25, -0.2) is 4.39 Å². The molecule has 0 radical (unpaired) electrons. The Morgan fingerprint density at radius 3 is 2.30 bits per heavy atom. The van der Waals surface area contributed by atoms with Crippen LogP contribution in [0.3, 0.4) is 0 Å². The van der Waals surface area contributed by atoms with Crippen molar-refractivity contribution in [2.45, 2.75) is 26.4 Å². The molecule has 3 aromatic carbocycles. The van der Waals surface area contributed by atoms with Gasteiger partial charge in [0, 0.05) is 23.8 Å². The van der Waals surface area contributed by atoms with Crippen LogP contribution in [-0.4, -0.2) is 11.9 Å². The van der Waals surface area contributed by atoms with E-state index in [0.717, 1.165) is 17.7 Å². The second-order valence-corrected chi connectivity index (χ2v) is 6.77. The van der Waals surface area contributed by atoms with Crippen LogP contribution in [0, 0.1) is 5.82 Å². The van der Waals surface area contributed by atoms with E-state index >= 15 is 0 Å². The lowest BCUT2D eigenvalue weighted by Gasteiger charge is -2.10. The molecule has 0 spiro atoms. The van der Waals surface area contributed by atoms with E-state index in [0.29, 0.717) is 17.3 Å². The molecule has 0 aliphatic heterocycles. The summed E-state index contributed by atoms with van der Waals surface area (Å²) in [6.45, 7) is 5.09. The number of carbonyl (C=O) groups is 1. The molecule has 0 heterocycles. The Morgan fingerprint density at radius 2 is 1.63 bits per heavy atom. The van der Waals surface area contributed by atoms with Crippen LogP contribution in [0.2, 0.25) is 0 Å². The lowest BCUT2D eigenvalue weighted by molar-refractivity contribution is 0.102. The highest BCUT2D eigenvalue weighted by molar-refractivity contribution is 6.04. The number of benzene rings is 3. The first-order valence-electron chi connectivity index (χ1n) is 9.01. The summed E-state index contributed by atoms with van der Waals surface area (Å²) >= 11 is 0. The Bertz CT molecular complexity index is 902. The van der Waals surface area contributed by atoms with Crippen molar-refractivity contribution in [3.05, 3.63) is 89.7 Å². The number of amides is 1. The van der Waals surface area contributed by atoms with Crippen LogP contribution in [0.5, 0.6) is 0 Å². The van der Waals surface area contributed by atoms with Crippen LogP contribution >= 0.6 is 0 Å². The van der Waals surface area contributed by atoms with Crippen molar-refractivity contribution in [2.24, 2.45) is 0 Å². The summed E-state index contributed by atoms with van der Waals surface area (Å²) in [5.41, 5.74) is 4.57. The van der Waals surface area contributed by atoms with Crippen molar-refractivity contribution >= 4 is 11.6 Å². The lowest BCUT2D eigenvalue weighted by atomic mass is 10.0. The third-order valence-electron chi connectivity index (χ3n) is 4.22. The van der Waals surface area contributed by atoms with E-state index in [9.17, 15) is 9.18 Å². The zero-order valence-electron chi connectivity index (χ0n) is 15.5. The first-order chi connectivity index (χ1) is 13.0. The maximum atomic E-state index is 13.0. The molecule has 0 aromatic heterocycles. The number of anilines is 1. The molecule has 0 aliphatic rings. The lowest BCUT2D eigenvalue weighted by Crippen LogP contribution is -2.21. The van der Waals surface area contributed by atoms with Crippen LogP contribution in [0.1, 0.15) is 29.8 Å². The summed E-state index contributed by atoms with van der Waals surface area (Å²) in [5, 5.41) is 6.25. The molecule has 3 nitrogen and oxygen atoms in total. The van der Waals surface area contributed by atoms with Gasteiger partial charge in [0.05, 0.1) is 0 Å². The SMILES string of the molecule is CC(C)NCc1cccc(-c2ccc(NC(=O)c3ccc(F)cc3)cc2)c1. The molecule has 138 valence electrons. The number of nitrogens with one attached hydrogen (secondary N) is 2. The van der Waals surface area contributed by atoms with Crippen LogP contribution in [-0.2, 0) is 6.54 Å². The Kier molecular flexibility index (Phi) is 5.99. The van der Waals surface area contributed by atoms with Gasteiger partial charge in [-0.15, -0.1) is 0 Å². The normalized spacial score (nSPS) is 10.8. The number of rotatable bonds is 6. The highest BCUT2D eigenvalue weighted by Gasteiger charge is 2.07. The Morgan fingerprint density at radius 1 is 0.926 bits per heavy atom. The zero-order valence-corrected chi connectivity index (χ0v) is 15.5. The molecule has 0 bridgehead atoms. The third kappa shape index (κ3) is 5.25. The van der Waals surface area contributed by atoms with Gasteiger partial charge in [-0.2, -0.15) is 0 Å². The van der Waals surface area contributed by atoms with Gasteiger partial charge < -0.3 is 10.6 Å². The Balaban J connectivity index is 1.69. The van der Waals surface area contributed by atoms with Crippen LogP contribution in [0.4, 0.5) is 10.1 Å². The fourth-order valence-electron chi connectivity index (χ4n) is 2.73. The number of carbonyl (C=O) groups excluding carboxylic acids is 1. The molecule has 0 saturated carbocycles. The maximum Gasteiger partial charge on any atom is 0.255 e. The van der Waals surface area contributed by atoms with Gasteiger partial charge in [0.2, 0.25) is 0 Å². The second-order valence-electron chi connectivity index (χ2n) is 6.77. The quantitative estimate of drug-likeness (QED) is 0.629. The fraction of sp³-hybridized carbons (Fsp3) is 0.174. The molecule has 3 rings (SSSR count). The standard InChI is InChI=1S/C23H23FN2O/c1-16(2)25-15-17-4-3-5-20(14-17)18-8-12-22(13-9-18)26-23(27)19-6-10-21(24)11-7-19/h3-14,16,25H,15H2,1-2H3,(H,26,27). The predicted octanol–water partition coefficient (Wildman–Crippen LogP) is 5.24. The topological polar surface area (TPSA) is 41.1 Å². The van der Waals surface area contributed by atoms with Crippen molar-refractivity contribution in [3.63, 3.8) is 0 Å². The molecular weight excluding hydrogens is 339 g/mol. The van der Waals surface area contributed by atoms with Crippen molar-refractivity contribution in [1.82, 2.24) is 5.32 Å². The van der Waals surface area contributed by atoms with E-state index in [1.165, 1.54) is 29.8 Å². The molecule has 4 heteroatoms. The minimum absolute atomic E-state index is 0.260.